The van der Waals surface area contributed by atoms with E-state index in [-0.39, 0.29) is 5.75 Å². The van der Waals surface area contributed by atoms with Crippen molar-refractivity contribution < 1.29 is 13.2 Å². The summed E-state index contributed by atoms with van der Waals surface area (Å²) in [5.74, 6) is 0.901. The summed E-state index contributed by atoms with van der Waals surface area (Å²) in [5, 5.41) is 4.84. The quantitative estimate of drug-likeness (QED) is 0.661. The van der Waals surface area contributed by atoms with Crippen molar-refractivity contribution >= 4 is 15.8 Å². The Morgan fingerprint density at radius 1 is 1.31 bits per heavy atom. The number of ketones is 1. The monoisotopic (exact) mass is 205 g/mol. The summed E-state index contributed by atoms with van der Waals surface area (Å²) in [7, 11) is -3.29. The van der Waals surface area contributed by atoms with Gasteiger partial charge in [0, 0.05) is 12.8 Å². The van der Waals surface area contributed by atoms with E-state index in [0.29, 0.717) is 31.0 Å². The Kier molecular flexibility index (Phi) is 3.44. The summed E-state index contributed by atoms with van der Waals surface area (Å²) in [6.07, 6.45) is 3.81. The largest absolute Gasteiger partial charge is 0.300 e. The van der Waals surface area contributed by atoms with E-state index in [2.05, 4.69) is 0 Å². The number of primary sulfonamides is 1. The Labute approximate surface area is 78.6 Å². The molecule has 13 heavy (non-hydrogen) atoms. The van der Waals surface area contributed by atoms with Gasteiger partial charge in [-0.1, -0.05) is 6.42 Å². The van der Waals surface area contributed by atoms with Crippen molar-refractivity contribution in [1.29, 1.82) is 0 Å². The number of hydrogen-bond donors (Lipinski definition) is 1. The Hall–Kier alpha value is -0.420. The van der Waals surface area contributed by atoms with Crippen LogP contribution in [0.2, 0.25) is 0 Å². The average Bonchev–Trinajstić information content (AvgIpc) is 1.91. The third-order valence-corrected chi connectivity index (χ3v) is 3.18. The van der Waals surface area contributed by atoms with Gasteiger partial charge >= 0.3 is 0 Å². The molecule has 1 saturated carbocycles. The van der Waals surface area contributed by atoms with Gasteiger partial charge in [-0.15, -0.1) is 0 Å². The molecule has 0 bridgehead atoms. The first-order chi connectivity index (χ1) is 5.97. The van der Waals surface area contributed by atoms with E-state index in [4.69, 9.17) is 5.14 Å². The maximum atomic E-state index is 10.6. The molecule has 1 rings (SSSR count). The van der Waals surface area contributed by atoms with Crippen LogP contribution in [-0.4, -0.2) is 20.0 Å². The number of hydrogen-bond acceptors (Lipinski definition) is 3. The molecule has 0 radical (unpaired) electrons. The van der Waals surface area contributed by atoms with Crippen LogP contribution in [0.5, 0.6) is 0 Å². The van der Waals surface area contributed by atoms with Crippen molar-refractivity contribution in [2.45, 2.75) is 32.1 Å². The lowest BCUT2D eigenvalue weighted by atomic mass is 9.81. The lowest BCUT2D eigenvalue weighted by molar-refractivity contribution is -0.127. The minimum atomic E-state index is -3.29. The minimum Gasteiger partial charge on any atom is -0.300 e. The second-order valence-corrected chi connectivity index (χ2v) is 5.41. The van der Waals surface area contributed by atoms with Crippen LogP contribution < -0.4 is 5.14 Å². The van der Waals surface area contributed by atoms with Crippen molar-refractivity contribution in [3.8, 4) is 0 Å². The lowest BCUT2D eigenvalue weighted by Gasteiger charge is -2.23. The van der Waals surface area contributed by atoms with Gasteiger partial charge in [0.2, 0.25) is 10.0 Å². The molecule has 0 aliphatic heterocycles. The van der Waals surface area contributed by atoms with Crippen LogP contribution in [0.1, 0.15) is 32.1 Å². The maximum Gasteiger partial charge on any atom is 0.209 e. The van der Waals surface area contributed by atoms with Gasteiger partial charge < -0.3 is 0 Å². The van der Waals surface area contributed by atoms with Crippen molar-refractivity contribution in [2.75, 3.05) is 5.75 Å². The molecule has 0 unspecified atom stereocenters. The second-order valence-electron chi connectivity index (χ2n) is 3.68. The smallest absolute Gasteiger partial charge is 0.209 e. The predicted octanol–water partition coefficient (Wildman–Crippen LogP) is 0.424. The van der Waals surface area contributed by atoms with Gasteiger partial charge in [-0.05, 0) is 18.8 Å². The van der Waals surface area contributed by atoms with Crippen LogP contribution in [0, 0.1) is 5.92 Å². The fourth-order valence-electron chi connectivity index (χ4n) is 1.52. The fourth-order valence-corrected chi connectivity index (χ4v) is 2.13. The van der Waals surface area contributed by atoms with Crippen LogP contribution in [-0.2, 0) is 14.8 Å². The van der Waals surface area contributed by atoms with Crippen LogP contribution in [0.3, 0.4) is 0 Å². The highest BCUT2D eigenvalue weighted by molar-refractivity contribution is 7.89. The van der Waals surface area contributed by atoms with Crippen LogP contribution >= 0.6 is 0 Å². The molecule has 0 aromatic carbocycles. The molecule has 1 aliphatic carbocycles. The highest BCUT2D eigenvalue weighted by atomic mass is 32.2. The molecule has 0 atom stereocenters. The van der Waals surface area contributed by atoms with E-state index in [0.717, 1.165) is 12.8 Å². The molecule has 0 amide bonds. The highest BCUT2D eigenvalue weighted by Crippen LogP contribution is 2.27. The Balaban J connectivity index is 1.99. The van der Waals surface area contributed by atoms with Crippen molar-refractivity contribution in [1.82, 2.24) is 0 Å². The van der Waals surface area contributed by atoms with Crippen molar-refractivity contribution in [3.05, 3.63) is 0 Å². The Morgan fingerprint density at radius 3 is 2.38 bits per heavy atom. The number of rotatable bonds is 5. The van der Waals surface area contributed by atoms with Crippen molar-refractivity contribution in [3.63, 3.8) is 0 Å². The van der Waals surface area contributed by atoms with Gasteiger partial charge in [0.1, 0.15) is 5.78 Å². The van der Waals surface area contributed by atoms with E-state index < -0.39 is 10.0 Å². The van der Waals surface area contributed by atoms with Gasteiger partial charge in [-0.25, -0.2) is 13.6 Å². The summed E-state index contributed by atoms with van der Waals surface area (Å²) < 4.78 is 21.1. The molecule has 0 aromatic rings. The SMILES string of the molecule is NS(=O)(=O)CCCCC1CC(=O)C1. The summed E-state index contributed by atoms with van der Waals surface area (Å²) in [6.45, 7) is 0. The van der Waals surface area contributed by atoms with Gasteiger partial charge in [0.05, 0.1) is 5.75 Å². The maximum absolute atomic E-state index is 10.6. The molecular formula is C8H15NO3S. The molecule has 2 N–H and O–H groups in total. The molecule has 1 aliphatic rings. The first kappa shape index (κ1) is 10.7. The number of Topliss-reactive ketones (excluding diaryl/α,β-unsaturated/α-hetero) is 1. The molecule has 0 saturated heterocycles. The zero-order valence-electron chi connectivity index (χ0n) is 7.53. The van der Waals surface area contributed by atoms with Gasteiger partial charge in [-0.3, -0.25) is 4.79 Å². The van der Waals surface area contributed by atoms with E-state index in [1.807, 2.05) is 0 Å². The average molecular weight is 205 g/mol. The summed E-state index contributed by atoms with van der Waals surface area (Å²) in [4.78, 5) is 10.6. The lowest BCUT2D eigenvalue weighted by Crippen LogP contribution is -2.23. The van der Waals surface area contributed by atoms with Crippen LogP contribution in [0.4, 0.5) is 0 Å². The molecule has 76 valence electrons. The summed E-state index contributed by atoms with van der Waals surface area (Å²) in [5.41, 5.74) is 0. The summed E-state index contributed by atoms with van der Waals surface area (Å²) >= 11 is 0. The third-order valence-electron chi connectivity index (χ3n) is 2.32. The number of unbranched alkanes of at least 4 members (excludes halogenated alkanes) is 1. The number of carbonyl (C=O) groups excluding carboxylic acids is 1. The molecule has 0 aromatic heterocycles. The number of carbonyl (C=O) groups is 1. The molecule has 1 fully saturated rings. The van der Waals surface area contributed by atoms with Crippen molar-refractivity contribution in [2.24, 2.45) is 11.1 Å². The van der Waals surface area contributed by atoms with E-state index in [9.17, 15) is 13.2 Å². The fraction of sp³-hybridized carbons (Fsp3) is 0.875. The number of sulfonamides is 1. The first-order valence-electron chi connectivity index (χ1n) is 4.49. The Bertz CT molecular complexity index is 276. The topological polar surface area (TPSA) is 77.2 Å². The molecular weight excluding hydrogens is 190 g/mol. The van der Waals surface area contributed by atoms with Crippen LogP contribution in [0.15, 0.2) is 0 Å². The van der Waals surface area contributed by atoms with E-state index in [1.54, 1.807) is 0 Å². The van der Waals surface area contributed by atoms with E-state index in [1.165, 1.54) is 0 Å². The van der Waals surface area contributed by atoms with Gasteiger partial charge in [-0.2, -0.15) is 0 Å². The van der Waals surface area contributed by atoms with Crippen LogP contribution in [0.25, 0.3) is 0 Å². The third kappa shape index (κ3) is 4.38. The minimum absolute atomic E-state index is 0.0632. The molecule has 0 spiro atoms. The predicted molar refractivity (Wildman–Crippen MR) is 49.6 cm³/mol. The number of nitrogens with two attached hydrogens (primary N) is 1. The normalized spacial score (nSPS) is 18.7. The Morgan fingerprint density at radius 2 is 1.92 bits per heavy atom. The van der Waals surface area contributed by atoms with E-state index >= 15 is 0 Å². The first-order valence-corrected chi connectivity index (χ1v) is 6.21. The zero-order chi connectivity index (χ0) is 9.90. The van der Waals surface area contributed by atoms with Gasteiger partial charge in [0.15, 0.2) is 0 Å². The second kappa shape index (κ2) is 4.19. The molecule has 4 nitrogen and oxygen atoms in total. The van der Waals surface area contributed by atoms with Gasteiger partial charge in [0.25, 0.3) is 0 Å². The standard InChI is InChI=1S/C8H15NO3S/c9-13(11,12)4-2-1-3-7-5-8(10)6-7/h7H,1-6H2,(H2,9,11,12). The highest BCUT2D eigenvalue weighted by Gasteiger charge is 2.25. The zero-order valence-corrected chi connectivity index (χ0v) is 8.35. The molecule has 5 heteroatoms. The summed E-state index contributed by atoms with van der Waals surface area (Å²) in [6, 6.07) is 0. The molecule has 0 heterocycles.